The summed E-state index contributed by atoms with van der Waals surface area (Å²) in [4.78, 5) is 19.4. The number of nitrogens with zero attached hydrogens (tertiary/aromatic N) is 2. The molecule has 2 aromatic heterocycles. The average molecular weight is 495 g/mol. The Balaban J connectivity index is 1.51. The third-order valence-electron chi connectivity index (χ3n) is 9.36. The Labute approximate surface area is 214 Å². The number of rotatable bonds is 3. The number of methoxy groups -OCH3 is 1. The molecule has 37 heavy (non-hydrogen) atoms. The number of benzene rings is 3. The number of fused-ring (bicyclic) bond motifs is 11. The average Bonchev–Trinajstić information content (AvgIpc) is 3.18. The molecule has 2 N–H and O–H groups in total. The van der Waals surface area contributed by atoms with Gasteiger partial charge in [-0.2, -0.15) is 0 Å². The summed E-state index contributed by atoms with van der Waals surface area (Å²) in [6.45, 7) is 2.72. The number of ether oxygens (including phenoxy) is 2. The molecule has 7 nitrogen and oxygen atoms in total. The second-order valence-electron chi connectivity index (χ2n) is 11.4. The van der Waals surface area contributed by atoms with Crippen molar-refractivity contribution < 1.29 is 14.3 Å². The van der Waals surface area contributed by atoms with Gasteiger partial charge in [0.1, 0.15) is 17.4 Å². The van der Waals surface area contributed by atoms with Crippen LogP contribution in [0.2, 0.25) is 0 Å². The molecule has 8 rings (SSSR count). The number of hydrogen-bond acceptors (Lipinski definition) is 4. The van der Waals surface area contributed by atoms with Gasteiger partial charge in [0.05, 0.1) is 22.1 Å². The van der Waals surface area contributed by atoms with E-state index in [0.29, 0.717) is 6.54 Å². The second-order valence-corrected chi connectivity index (χ2v) is 11.4. The van der Waals surface area contributed by atoms with Gasteiger partial charge in [0.2, 0.25) is 0 Å². The zero-order valence-electron chi connectivity index (χ0n) is 21.5. The molecule has 4 atom stereocenters. The molecule has 1 saturated carbocycles. The quantitative estimate of drug-likeness (QED) is 0.367. The van der Waals surface area contributed by atoms with Crippen molar-refractivity contribution in [3.8, 4) is 0 Å². The number of H-pyrrole nitrogens is 1. The molecule has 0 radical (unpaired) electrons. The van der Waals surface area contributed by atoms with Crippen molar-refractivity contribution in [3.05, 3.63) is 59.7 Å². The first-order chi connectivity index (χ1) is 17.9. The maximum absolute atomic E-state index is 13.4. The number of carbonyl (C=O) groups excluding carboxylic acids is 1. The van der Waals surface area contributed by atoms with E-state index in [9.17, 15) is 4.79 Å². The largest absolute Gasteiger partial charge is 0.373 e. The highest BCUT2D eigenvalue weighted by Gasteiger charge is 2.74. The molecule has 7 heteroatoms. The molecule has 1 aliphatic carbocycles. The first kappa shape index (κ1) is 21.7. The van der Waals surface area contributed by atoms with Crippen molar-refractivity contribution in [2.45, 2.75) is 49.8 Å². The minimum Gasteiger partial charge on any atom is -0.373 e. The SMILES string of the molecule is CO[C@@]12C[C@@]1(C)O[C@@H](n1c3ccccc3c3c4c(c5c6ccccc6[nH]c5c31)CNC4=O)C[C@H]2N(C)C. The normalized spacial score (nSPS) is 28.9. The molecule has 1 saturated heterocycles. The number of para-hydroxylation sites is 2. The molecule has 5 aromatic rings. The molecule has 4 heterocycles. The zero-order chi connectivity index (χ0) is 25.3. The van der Waals surface area contributed by atoms with Gasteiger partial charge in [-0.3, -0.25) is 4.79 Å². The van der Waals surface area contributed by atoms with Gasteiger partial charge in [0.25, 0.3) is 5.91 Å². The molecule has 3 aliphatic rings. The van der Waals surface area contributed by atoms with Crippen LogP contribution in [0.4, 0.5) is 0 Å². The molecule has 0 unspecified atom stereocenters. The molecule has 0 bridgehead atoms. The summed E-state index contributed by atoms with van der Waals surface area (Å²) in [7, 11) is 6.07. The fourth-order valence-corrected chi connectivity index (χ4v) is 7.66. The van der Waals surface area contributed by atoms with Crippen molar-refractivity contribution in [3.63, 3.8) is 0 Å². The van der Waals surface area contributed by atoms with Crippen LogP contribution in [0.25, 0.3) is 43.6 Å². The number of aromatic nitrogens is 2. The van der Waals surface area contributed by atoms with Gasteiger partial charge in [0.15, 0.2) is 0 Å². The van der Waals surface area contributed by atoms with Gasteiger partial charge in [0, 0.05) is 59.6 Å². The maximum atomic E-state index is 13.4. The second kappa shape index (κ2) is 6.92. The minimum atomic E-state index is -0.370. The first-order valence-electron chi connectivity index (χ1n) is 13.0. The van der Waals surface area contributed by atoms with Gasteiger partial charge in [-0.25, -0.2) is 0 Å². The van der Waals surface area contributed by atoms with Crippen molar-refractivity contribution in [2.24, 2.45) is 0 Å². The van der Waals surface area contributed by atoms with Crippen LogP contribution in [0.5, 0.6) is 0 Å². The monoisotopic (exact) mass is 494 g/mol. The molecular formula is C30H30N4O3. The fraction of sp³-hybridized carbons (Fsp3) is 0.367. The van der Waals surface area contributed by atoms with E-state index >= 15 is 0 Å². The lowest BCUT2D eigenvalue weighted by molar-refractivity contribution is -0.172. The molecule has 2 fully saturated rings. The third kappa shape index (κ3) is 2.50. The summed E-state index contributed by atoms with van der Waals surface area (Å²) in [5, 5.41) is 7.48. The topological polar surface area (TPSA) is 71.5 Å². The molecule has 1 amide bonds. The van der Waals surface area contributed by atoms with Gasteiger partial charge in [-0.15, -0.1) is 0 Å². The van der Waals surface area contributed by atoms with Crippen LogP contribution in [0.1, 0.15) is 41.9 Å². The van der Waals surface area contributed by atoms with Crippen LogP contribution in [0.3, 0.4) is 0 Å². The predicted molar refractivity (Wildman–Crippen MR) is 145 cm³/mol. The fourth-order valence-electron chi connectivity index (χ4n) is 7.66. The van der Waals surface area contributed by atoms with Crippen molar-refractivity contribution in [1.82, 2.24) is 19.8 Å². The molecule has 3 aromatic carbocycles. The van der Waals surface area contributed by atoms with Crippen LogP contribution in [-0.2, 0) is 16.0 Å². The van der Waals surface area contributed by atoms with E-state index in [0.717, 1.165) is 67.6 Å². The number of aromatic amines is 1. The summed E-state index contributed by atoms with van der Waals surface area (Å²) in [5.41, 5.74) is 5.47. The number of nitrogens with one attached hydrogen (secondary N) is 2. The van der Waals surface area contributed by atoms with E-state index in [1.807, 2.05) is 7.11 Å². The van der Waals surface area contributed by atoms with E-state index < -0.39 is 0 Å². The van der Waals surface area contributed by atoms with Crippen LogP contribution in [-0.4, -0.2) is 58.8 Å². The van der Waals surface area contributed by atoms with E-state index in [4.69, 9.17) is 9.47 Å². The minimum absolute atomic E-state index is 0.00151. The highest BCUT2D eigenvalue weighted by molar-refractivity contribution is 6.30. The van der Waals surface area contributed by atoms with Crippen molar-refractivity contribution in [2.75, 3.05) is 21.2 Å². The Morgan fingerprint density at radius 3 is 2.62 bits per heavy atom. The number of amides is 1. The van der Waals surface area contributed by atoms with Gasteiger partial charge >= 0.3 is 0 Å². The Morgan fingerprint density at radius 1 is 1.08 bits per heavy atom. The van der Waals surface area contributed by atoms with Gasteiger partial charge < -0.3 is 29.2 Å². The summed E-state index contributed by atoms with van der Waals surface area (Å²) in [6, 6.07) is 17.0. The zero-order valence-corrected chi connectivity index (χ0v) is 21.5. The Kier molecular flexibility index (Phi) is 4.05. The summed E-state index contributed by atoms with van der Waals surface area (Å²) < 4.78 is 15.4. The number of likely N-dealkylation sites (N-methyl/N-ethyl adjacent to an activating group) is 1. The third-order valence-corrected chi connectivity index (χ3v) is 9.36. The molecule has 0 spiro atoms. The summed E-state index contributed by atoms with van der Waals surface area (Å²) >= 11 is 0. The van der Waals surface area contributed by atoms with Crippen LogP contribution < -0.4 is 5.32 Å². The number of hydrogen-bond donors (Lipinski definition) is 2. The van der Waals surface area contributed by atoms with E-state index in [2.05, 4.69) is 89.3 Å². The molecular weight excluding hydrogens is 464 g/mol. The number of carbonyl (C=O) groups is 1. The standard InChI is InChI=1S/C30H30N4O3/c1-29-15-30(29,36-4)21(33(2)3)13-22(37-29)34-20-12-8-6-10-17(20)24-25-18(14-31-28(25)35)23-16-9-5-7-11-19(16)32-26(23)27(24)34/h5-12,21-22,32H,13-15H2,1-4H3,(H,31,35)/t21-,22-,29-,30-/m1/s1. The van der Waals surface area contributed by atoms with Crippen LogP contribution >= 0.6 is 0 Å². The van der Waals surface area contributed by atoms with E-state index in [1.165, 1.54) is 0 Å². The Morgan fingerprint density at radius 2 is 1.84 bits per heavy atom. The van der Waals surface area contributed by atoms with Gasteiger partial charge in [-0.05, 0) is 38.7 Å². The molecule has 188 valence electrons. The summed E-state index contributed by atoms with van der Waals surface area (Å²) in [6.07, 6.45) is 1.45. The van der Waals surface area contributed by atoms with Crippen molar-refractivity contribution in [1.29, 1.82) is 0 Å². The lowest BCUT2D eigenvalue weighted by atomic mass is 9.96. The van der Waals surface area contributed by atoms with Crippen LogP contribution in [0, 0.1) is 0 Å². The van der Waals surface area contributed by atoms with Crippen LogP contribution in [0.15, 0.2) is 48.5 Å². The lowest BCUT2D eigenvalue weighted by Gasteiger charge is -2.43. The highest BCUT2D eigenvalue weighted by Crippen LogP contribution is 2.63. The van der Waals surface area contributed by atoms with Crippen molar-refractivity contribution >= 4 is 49.5 Å². The Hall–Kier alpha value is -3.39. The predicted octanol–water partition coefficient (Wildman–Crippen LogP) is 5.07. The first-order valence-corrected chi connectivity index (χ1v) is 13.0. The maximum Gasteiger partial charge on any atom is 0.252 e. The van der Waals surface area contributed by atoms with Gasteiger partial charge in [-0.1, -0.05) is 36.4 Å². The molecule has 2 aliphatic heterocycles. The Bertz CT molecular complexity index is 1800. The smallest absolute Gasteiger partial charge is 0.252 e. The van der Waals surface area contributed by atoms with E-state index in [-0.39, 0.29) is 29.4 Å². The summed E-state index contributed by atoms with van der Waals surface area (Å²) in [5.74, 6) is -0.00151. The highest BCUT2D eigenvalue weighted by atomic mass is 16.6. The lowest BCUT2D eigenvalue weighted by Crippen LogP contribution is -2.52. The van der Waals surface area contributed by atoms with E-state index in [1.54, 1.807) is 0 Å².